The van der Waals surface area contributed by atoms with Gasteiger partial charge in [-0.3, -0.25) is 4.79 Å². The average Bonchev–Trinajstić information content (AvgIpc) is 1.81. The predicted octanol–water partition coefficient (Wildman–Crippen LogP) is 0.968. The van der Waals surface area contributed by atoms with Crippen LogP contribution in [0.2, 0.25) is 0 Å². The fourth-order valence-electron chi connectivity index (χ4n) is 0.193. The van der Waals surface area contributed by atoms with Crippen molar-refractivity contribution in [3.05, 3.63) is 30.2 Å². The fourth-order valence-corrected chi connectivity index (χ4v) is 0.193. The summed E-state index contributed by atoms with van der Waals surface area (Å²) in [5, 5.41) is 8.01. The molecule has 8 heavy (non-hydrogen) atoms. The monoisotopic (exact) mass is 110 g/mol. The third-order valence-electron chi connectivity index (χ3n) is 0.443. The second-order valence-electron chi connectivity index (χ2n) is 0.978. The molecule has 0 aliphatic heterocycles. The van der Waals surface area contributed by atoms with E-state index in [1.165, 1.54) is 18.2 Å². The molecule has 0 aromatic heterocycles. The first-order valence-corrected chi connectivity index (χ1v) is 2.07. The molecule has 0 heterocycles. The first-order valence-electron chi connectivity index (χ1n) is 2.07. The highest BCUT2D eigenvalue weighted by atomic mass is 16.2. The van der Waals surface area contributed by atoms with Crippen molar-refractivity contribution >= 4 is 6.29 Å². The Kier molecular flexibility index (Phi) is 4.82. The van der Waals surface area contributed by atoms with Crippen molar-refractivity contribution in [2.24, 2.45) is 0 Å². The van der Waals surface area contributed by atoms with Crippen molar-refractivity contribution in [2.75, 3.05) is 0 Å². The Bertz CT molecular complexity index is 139. The highest BCUT2D eigenvalue weighted by molar-refractivity contribution is 5.64. The lowest BCUT2D eigenvalue weighted by Crippen LogP contribution is -1.51. The fraction of sp³-hybridized carbons (Fsp3) is 0. The van der Waals surface area contributed by atoms with Crippen LogP contribution in [0.3, 0.4) is 0 Å². The molecule has 0 aromatic carbocycles. The van der Waals surface area contributed by atoms with Crippen molar-refractivity contribution in [1.29, 1.82) is 0 Å². The van der Waals surface area contributed by atoms with Gasteiger partial charge in [0, 0.05) is 6.08 Å². The zero-order chi connectivity index (χ0) is 6.24. The molecule has 0 saturated carbocycles. The lowest BCUT2D eigenvalue weighted by Gasteiger charge is -1.61. The lowest BCUT2D eigenvalue weighted by molar-refractivity contribution is -0.104. The number of carbonyl (C=O) groups excluding carboxylic acids is 1. The van der Waals surface area contributed by atoms with Gasteiger partial charge in [0.15, 0.2) is 6.29 Å². The van der Waals surface area contributed by atoms with E-state index < -0.39 is 0 Å². The van der Waals surface area contributed by atoms with Gasteiger partial charge in [-0.15, -0.1) is 5.73 Å². The van der Waals surface area contributed by atoms with E-state index in [1.807, 2.05) is 0 Å². The topological polar surface area (TPSA) is 37.3 Å². The van der Waals surface area contributed by atoms with Crippen LogP contribution in [0.1, 0.15) is 0 Å². The summed E-state index contributed by atoms with van der Waals surface area (Å²) in [5.41, 5.74) is 2.47. The summed E-state index contributed by atoms with van der Waals surface area (Å²) < 4.78 is 0. The minimum Gasteiger partial charge on any atom is -0.516 e. The third-order valence-corrected chi connectivity index (χ3v) is 0.443. The van der Waals surface area contributed by atoms with Gasteiger partial charge in [-0.2, -0.15) is 0 Å². The molecule has 0 aromatic rings. The first kappa shape index (κ1) is 6.73. The van der Waals surface area contributed by atoms with Crippen molar-refractivity contribution in [3.63, 3.8) is 0 Å². The van der Waals surface area contributed by atoms with Gasteiger partial charge in [0.25, 0.3) is 0 Å². The van der Waals surface area contributed by atoms with E-state index in [1.54, 1.807) is 0 Å². The SMILES string of the molecule is O=CC=C=C/C=C\O. The molecule has 0 saturated heterocycles. The van der Waals surface area contributed by atoms with Gasteiger partial charge in [0.2, 0.25) is 0 Å². The number of carbonyl (C=O) groups is 1. The molecule has 0 atom stereocenters. The van der Waals surface area contributed by atoms with E-state index in [9.17, 15) is 4.79 Å². The molecule has 0 bridgehead atoms. The quantitative estimate of drug-likeness (QED) is 0.189. The van der Waals surface area contributed by atoms with E-state index in [-0.39, 0.29) is 0 Å². The van der Waals surface area contributed by atoms with E-state index in [0.717, 1.165) is 6.26 Å². The molecular weight excluding hydrogens is 104 g/mol. The summed E-state index contributed by atoms with van der Waals surface area (Å²) in [4.78, 5) is 9.54. The molecule has 0 rings (SSSR count). The zero-order valence-electron chi connectivity index (χ0n) is 4.24. The Morgan fingerprint density at radius 3 is 2.62 bits per heavy atom. The molecule has 0 radical (unpaired) electrons. The van der Waals surface area contributed by atoms with Crippen LogP contribution in [0, 0.1) is 0 Å². The summed E-state index contributed by atoms with van der Waals surface area (Å²) >= 11 is 0. The molecule has 2 heteroatoms. The summed E-state index contributed by atoms with van der Waals surface area (Å²) in [6.45, 7) is 0. The maximum Gasteiger partial charge on any atom is 0.150 e. The van der Waals surface area contributed by atoms with Gasteiger partial charge in [-0.05, 0) is 12.2 Å². The van der Waals surface area contributed by atoms with Crippen LogP contribution in [0.5, 0.6) is 0 Å². The number of aliphatic hydroxyl groups excluding tert-OH is 1. The Morgan fingerprint density at radius 2 is 2.12 bits per heavy atom. The third kappa shape index (κ3) is 4.73. The van der Waals surface area contributed by atoms with Crippen LogP contribution < -0.4 is 0 Å². The van der Waals surface area contributed by atoms with Crippen molar-refractivity contribution in [3.8, 4) is 0 Å². The van der Waals surface area contributed by atoms with Gasteiger partial charge in [0.1, 0.15) is 0 Å². The Hall–Kier alpha value is -1.27. The smallest absolute Gasteiger partial charge is 0.150 e. The Labute approximate surface area is 47.5 Å². The highest BCUT2D eigenvalue weighted by Gasteiger charge is 1.54. The summed E-state index contributed by atoms with van der Waals surface area (Å²) in [5.74, 6) is 0. The maximum absolute atomic E-state index is 9.54. The maximum atomic E-state index is 9.54. The Balaban J connectivity index is 3.63. The molecule has 0 spiro atoms. The van der Waals surface area contributed by atoms with Crippen LogP contribution in [0.4, 0.5) is 0 Å². The molecule has 0 amide bonds. The number of hydrogen-bond acceptors (Lipinski definition) is 2. The van der Waals surface area contributed by atoms with Crippen molar-refractivity contribution in [1.82, 2.24) is 0 Å². The molecule has 0 aliphatic carbocycles. The van der Waals surface area contributed by atoms with Gasteiger partial charge in [-0.25, -0.2) is 0 Å². The number of rotatable bonds is 2. The normalized spacial score (nSPS) is 8.00. The van der Waals surface area contributed by atoms with Crippen LogP contribution in [0.25, 0.3) is 0 Å². The van der Waals surface area contributed by atoms with Crippen LogP contribution in [0.15, 0.2) is 30.2 Å². The second kappa shape index (κ2) is 5.73. The minimum absolute atomic E-state index is 0.613. The predicted molar refractivity (Wildman–Crippen MR) is 30.5 cm³/mol. The van der Waals surface area contributed by atoms with Crippen molar-refractivity contribution < 1.29 is 9.90 Å². The van der Waals surface area contributed by atoms with E-state index in [2.05, 4.69) is 5.73 Å². The average molecular weight is 110 g/mol. The summed E-state index contributed by atoms with van der Waals surface area (Å²) in [7, 11) is 0. The molecule has 42 valence electrons. The van der Waals surface area contributed by atoms with E-state index in [0.29, 0.717) is 6.29 Å². The lowest BCUT2D eigenvalue weighted by atomic mass is 10.5. The molecule has 0 fully saturated rings. The van der Waals surface area contributed by atoms with Crippen LogP contribution in [-0.4, -0.2) is 11.4 Å². The molecule has 2 nitrogen and oxygen atoms in total. The molecule has 0 unspecified atom stereocenters. The summed E-state index contributed by atoms with van der Waals surface area (Å²) in [6, 6.07) is 0. The molecular formula is C6H6O2. The number of aliphatic hydroxyl groups is 1. The summed E-state index contributed by atoms with van der Waals surface area (Å²) in [6.07, 6.45) is 5.47. The highest BCUT2D eigenvalue weighted by Crippen LogP contribution is 1.67. The second-order valence-corrected chi connectivity index (χ2v) is 0.978. The molecule has 1 N–H and O–H groups in total. The van der Waals surface area contributed by atoms with E-state index in [4.69, 9.17) is 5.11 Å². The standard InChI is InChI=1S/C6H6O2/c7-5-3-1-2-4-6-8/h1,3-7H/b5-3-. The van der Waals surface area contributed by atoms with Crippen LogP contribution in [-0.2, 0) is 4.79 Å². The largest absolute Gasteiger partial charge is 0.516 e. The van der Waals surface area contributed by atoms with Gasteiger partial charge in [0.05, 0.1) is 6.26 Å². The van der Waals surface area contributed by atoms with Gasteiger partial charge >= 0.3 is 0 Å². The van der Waals surface area contributed by atoms with Crippen LogP contribution >= 0.6 is 0 Å². The Morgan fingerprint density at radius 1 is 1.38 bits per heavy atom. The number of allylic oxidation sites excluding steroid dienone is 2. The zero-order valence-corrected chi connectivity index (χ0v) is 4.24. The number of hydrogen-bond donors (Lipinski definition) is 1. The van der Waals surface area contributed by atoms with Crippen molar-refractivity contribution in [2.45, 2.75) is 0 Å². The molecule has 0 aliphatic rings. The van der Waals surface area contributed by atoms with Gasteiger partial charge < -0.3 is 5.11 Å². The minimum atomic E-state index is 0.613. The van der Waals surface area contributed by atoms with E-state index >= 15 is 0 Å². The first-order chi connectivity index (χ1) is 3.91. The number of aldehydes is 1. The van der Waals surface area contributed by atoms with Gasteiger partial charge in [-0.1, -0.05) is 0 Å².